The van der Waals surface area contributed by atoms with E-state index in [1.54, 1.807) is 24.3 Å². The molecule has 0 saturated heterocycles. The number of halogens is 5. The largest absolute Gasteiger partial charge is 0.410 e. The number of amides is 1. The number of hydrogen-bond donors (Lipinski definition) is 2. The van der Waals surface area contributed by atoms with E-state index < -0.39 is 24.2 Å². The van der Waals surface area contributed by atoms with Gasteiger partial charge in [-0.2, -0.15) is 18.3 Å². The highest BCUT2D eigenvalue weighted by Gasteiger charge is 2.47. The molecule has 2 heterocycles. The first-order valence-electron chi connectivity index (χ1n) is 9.43. The summed E-state index contributed by atoms with van der Waals surface area (Å²) in [4.78, 5) is 12.6. The van der Waals surface area contributed by atoms with Gasteiger partial charge < -0.3 is 10.6 Å². The number of carbonyl (C=O) groups is 1. The molecule has 0 unspecified atom stereocenters. The lowest BCUT2D eigenvalue weighted by Gasteiger charge is -2.33. The molecule has 10 heteroatoms. The zero-order valence-electron chi connectivity index (χ0n) is 16.0. The third-order valence-electron chi connectivity index (χ3n) is 5.08. The maximum Gasteiger partial charge on any atom is 0.410 e. The van der Waals surface area contributed by atoms with Crippen LogP contribution in [0.1, 0.15) is 40.1 Å². The van der Waals surface area contributed by atoms with E-state index in [4.69, 9.17) is 23.2 Å². The van der Waals surface area contributed by atoms with Gasteiger partial charge in [-0.1, -0.05) is 65.7 Å². The topological polar surface area (TPSA) is 59.0 Å². The lowest BCUT2D eigenvalue weighted by atomic mass is 9.97. The predicted molar refractivity (Wildman–Crippen MR) is 112 cm³/mol. The molecule has 1 aliphatic heterocycles. The SMILES string of the molecule is O=C(NCc1ccccc1)c1nn2c(c1Cl)N[C@H](c1ccc(Cl)cc1)C[C@@H]2C(F)(F)F. The number of nitrogens with one attached hydrogen (secondary N) is 2. The molecule has 0 saturated carbocycles. The van der Waals surface area contributed by atoms with Crippen LogP contribution in [0.5, 0.6) is 0 Å². The molecule has 31 heavy (non-hydrogen) atoms. The fourth-order valence-corrected chi connectivity index (χ4v) is 3.90. The molecule has 2 atom stereocenters. The summed E-state index contributed by atoms with van der Waals surface area (Å²) < 4.78 is 42.3. The molecular weight excluding hydrogens is 452 g/mol. The fourth-order valence-electron chi connectivity index (χ4n) is 3.51. The Balaban J connectivity index is 1.64. The molecule has 5 nitrogen and oxygen atoms in total. The minimum Gasteiger partial charge on any atom is -0.362 e. The summed E-state index contributed by atoms with van der Waals surface area (Å²) in [5.41, 5.74) is 1.20. The van der Waals surface area contributed by atoms with Gasteiger partial charge in [0.1, 0.15) is 10.8 Å². The van der Waals surface area contributed by atoms with Gasteiger partial charge in [0.2, 0.25) is 0 Å². The normalized spacial score (nSPS) is 18.2. The number of alkyl halides is 3. The number of fused-ring (bicyclic) bond motifs is 1. The highest BCUT2D eigenvalue weighted by Crippen LogP contribution is 2.46. The molecule has 0 aliphatic carbocycles. The van der Waals surface area contributed by atoms with Crippen LogP contribution in [0.2, 0.25) is 10.0 Å². The van der Waals surface area contributed by atoms with Crippen molar-refractivity contribution in [3.8, 4) is 0 Å². The van der Waals surface area contributed by atoms with Crippen molar-refractivity contribution in [2.24, 2.45) is 0 Å². The maximum atomic E-state index is 13.8. The monoisotopic (exact) mass is 468 g/mol. The Kier molecular flexibility index (Phi) is 5.85. The van der Waals surface area contributed by atoms with Crippen LogP contribution >= 0.6 is 23.2 Å². The van der Waals surface area contributed by atoms with Crippen LogP contribution in [0.3, 0.4) is 0 Å². The molecule has 2 N–H and O–H groups in total. The molecule has 0 spiro atoms. The van der Waals surface area contributed by atoms with Crippen LogP contribution in [-0.2, 0) is 6.54 Å². The van der Waals surface area contributed by atoms with Gasteiger partial charge in [-0.3, -0.25) is 4.79 Å². The first-order valence-corrected chi connectivity index (χ1v) is 10.2. The van der Waals surface area contributed by atoms with E-state index in [2.05, 4.69) is 15.7 Å². The molecule has 0 fully saturated rings. The minimum absolute atomic E-state index is 0.0416. The van der Waals surface area contributed by atoms with Crippen molar-refractivity contribution in [2.45, 2.75) is 31.2 Å². The molecule has 0 radical (unpaired) electrons. The first-order chi connectivity index (χ1) is 14.7. The molecule has 1 aromatic heterocycles. The van der Waals surface area contributed by atoms with Crippen LogP contribution in [0.25, 0.3) is 0 Å². The molecule has 162 valence electrons. The average Bonchev–Trinajstić information content (AvgIpc) is 3.08. The summed E-state index contributed by atoms with van der Waals surface area (Å²) in [5, 5.41) is 9.89. The minimum atomic E-state index is -4.57. The fraction of sp³-hybridized carbons (Fsp3) is 0.238. The van der Waals surface area contributed by atoms with Crippen molar-refractivity contribution < 1.29 is 18.0 Å². The Hall–Kier alpha value is -2.71. The van der Waals surface area contributed by atoms with E-state index in [0.717, 1.165) is 10.2 Å². The zero-order chi connectivity index (χ0) is 22.2. The van der Waals surface area contributed by atoms with Crippen molar-refractivity contribution in [1.29, 1.82) is 0 Å². The summed E-state index contributed by atoms with van der Waals surface area (Å²) in [6, 6.07) is 13.0. The quantitative estimate of drug-likeness (QED) is 0.510. The Bertz CT molecular complexity index is 1080. The summed E-state index contributed by atoms with van der Waals surface area (Å²) in [5.74, 6) is -0.693. The van der Waals surface area contributed by atoms with Gasteiger partial charge in [-0.05, 0) is 23.3 Å². The van der Waals surface area contributed by atoms with E-state index in [1.165, 1.54) is 0 Å². The van der Waals surface area contributed by atoms with E-state index in [9.17, 15) is 18.0 Å². The maximum absolute atomic E-state index is 13.8. The van der Waals surface area contributed by atoms with Crippen LogP contribution in [0.15, 0.2) is 54.6 Å². The van der Waals surface area contributed by atoms with Gasteiger partial charge in [0.05, 0.1) is 6.04 Å². The summed E-state index contributed by atoms with van der Waals surface area (Å²) in [6.07, 6.45) is -4.88. The molecule has 3 aromatic rings. The second-order valence-electron chi connectivity index (χ2n) is 7.17. The Morgan fingerprint density at radius 3 is 2.45 bits per heavy atom. The zero-order valence-corrected chi connectivity index (χ0v) is 17.5. The van der Waals surface area contributed by atoms with Gasteiger partial charge in [0, 0.05) is 18.0 Å². The van der Waals surface area contributed by atoms with Crippen LogP contribution < -0.4 is 10.6 Å². The van der Waals surface area contributed by atoms with Gasteiger partial charge in [0.25, 0.3) is 5.91 Å². The van der Waals surface area contributed by atoms with Crippen molar-refractivity contribution >= 4 is 34.9 Å². The van der Waals surface area contributed by atoms with Gasteiger partial charge in [-0.15, -0.1) is 0 Å². The molecule has 1 aliphatic rings. The third-order valence-corrected chi connectivity index (χ3v) is 5.69. The van der Waals surface area contributed by atoms with Crippen molar-refractivity contribution in [2.75, 3.05) is 5.32 Å². The lowest BCUT2D eigenvalue weighted by Crippen LogP contribution is -2.35. The number of aromatic nitrogens is 2. The van der Waals surface area contributed by atoms with Crippen LogP contribution in [-0.4, -0.2) is 21.9 Å². The Labute approximate surface area is 186 Å². The number of rotatable bonds is 4. The van der Waals surface area contributed by atoms with E-state index >= 15 is 0 Å². The summed E-state index contributed by atoms with van der Waals surface area (Å²) in [7, 11) is 0. The molecular formula is C21H17Cl2F3N4O. The van der Waals surface area contributed by atoms with Crippen molar-refractivity contribution in [1.82, 2.24) is 15.1 Å². The van der Waals surface area contributed by atoms with Gasteiger partial charge >= 0.3 is 6.18 Å². The highest BCUT2D eigenvalue weighted by atomic mass is 35.5. The second kappa shape index (κ2) is 8.43. The van der Waals surface area contributed by atoms with E-state index in [1.807, 2.05) is 30.3 Å². The number of benzene rings is 2. The van der Waals surface area contributed by atoms with E-state index in [-0.39, 0.29) is 29.5 Å². The number of nitrogens with zero attached hydrogens (tertiary/aromatic N) is 2. The average molecular weight is 469 g/mol. The highest BCUT2D eigenvalue weighted by molar-refractivity contribution is 6.36. The summed E-state index contributed by atoms with van der Waals surface area (Å²) >= 11 is 12.2. The Morgan fingerprint density at radius 2 is 1.81 bits per heavy atom. The smallest absolute Gasteiger partial charge is 0.362 e. The standard InChI is InChI=1S/C21H17Cl2F3N4O/c22-14-8-6-13(7-9-14)15-10-16(21(24,25)26)30-19(28-15)17(23)18(29-30)20(31)27-11-12-4-2-1-3-5-12/h1-9,15-16,28H,10-11H2,(H,27,31)/t15-,16+/m0/s1. The first kappa shape index (κ1) is 21.5. The molecule has 4 rings (SSSR count). The second-order valence-corrected chi connectivity index (χ2v) is 7.98. The third kappa shape index (κ3) is 4.50. The number of carbonyl (C=O) groups excluding carboxylic acids is 1. The van der Waals surface area contributed by atoms with Crippen molar-refractivity contribution in [3.05, 3.63) is 81.5 Å². The number of hydrogen-bond acceptors (Lipinski definition) is 3. The van der Waals surface area contributed by atoms with Gasteiger partial charge in [-0.25, -0.2) is 4.68 Å². The van der Waals surface area contributed by atoms with Gasteiger partial charge in [0.15, 0.2) is 11.7 Å². The summed E-state index contributed by atoms with van der Waals surface area (Å²) in [6.45, 7) is 0.196. The Morgan fingerprint density at radius 1 is 1.13 bits per heavy atom. The van der Waals surface area contributed by atoms with Crippen LogP contribution in [0.4, 0.5) is 19.0 Å². The van der Waals surface area contributed by atoms with Crippen LogP contribution in [0, 0.1) is 0 Å². The molecule has 0 bridgehead atoms. The molecule has 2 aromatic carbocycles. The number of anilines is 1. The van der Waals surface area contributed by atoms with E-state index in [0.29, 0.717) is 10.6 Å². The predicted octanol–water partition coefficient (Wildman–Crippen LogP) is 5.78. The molecule has 1 amide bonds. The lowest BCUT2D eigenvalue weighted by molar-refractivity contribution is -0.173. The van der Waals surface area contributed by atoms with Crippen molar-refractivity contribution in [3.63, 3.8) is 0 Å².